The Bertz CT molecular complexity index is 1550. The van der Waals surface area contributed by atoms with E-state index < -0.39 is 26.5 Å². The summed E-state index contributed by atoms with van der Waals surface area (Å²) in [5.74, 6) is -0.798. The average molecular weight is 1120 g/mol. The summed E-state index contributed by atoms with van der Waals surface area (Å²) < 4.78 is 34.7. The summed E-state index contributed by atoms with van der Waals surface area (Å²) in [6.45, 7) is 4.43. The highest BCUT2D eigenvalue weighted by Crippen LogP contribution is 2.43. The molecule has 10 heteroatoms. The van der Waals surface area contributed by atoms with Gasteiger partial charge in [-0.2, -0.15) is 0 Å². The van der Waals surface area contributed by atoms with Crippen molar-refractivity contribution in [3.63, 3.8) is 0 Å². The molecule has 0 aliphatic carbocycles. The van der Waals surface area contributed by atoms with Gasteiger partial charge in [-0.25, -0.2) is 4.57 Å². The second-order valence-electron chi connectivity index (χ2n) is 23.1. The molecule has 0 radical (unpaired) electrons. The molecule has 0 spiro atoms. The fourth-order valence-electron chi connectivity index (χ4n) is 9.15. The second kappa shape index (κ2) is 59.1. The number of allylic oxidation sites excluding steroid dienone is 12. The van der Waals surface area contributed by atoms with Gasteiger partial charge < -0.3 is 18.9 Å². The van der Waals surface area contributed by atoms with Crippen LogP contribution in [0.15, 0.2) is 72.9 Å². The maximum Gasteiger partial charge on any atom is 0.472 e. The van der Waals surface area contributed by atoms with Crippen molar-refractivity contribution >= 4 is 19.8 Å². The smallest absolute Gasteiger partial charge is 0.462 e. The predicted octanol–water partition coefficient (Wildman–Crippen LogP) is 20.8. The highest BCUT2D eigenvalue weighted by Gasteiger charge is 2.27. The number of carbonyl (C=O) groups excluding carboxylic acids is 2. The van der Waals surface area contributed by atoms with Gasteiger partial charge in [-0.05, 0) is 89.9 Å². The Kier molecular flexibility index (Phi) is 57.2. The van der Waals surface area contributed by atoms with Crippen LogP contribution >= 0.6 is 7.82 Å². The van der Waals surface area contributed by atoms with E-state index in [1.54, 1.807) is 0 Å². The number of nitrogens with zero attached hydrogens (tertiary/aromatic N) is 1. The molecule has 0 bridgehead atoms. The number of rotatable bonds is 60. The van der Waals surface area contributed by atoms with Crippen LogP contribution < -0.4 is 0 Å². The number of unbranched alkanes of at least 4 members (excludes halogenated alkanes) is 34. The Balaban J connectivity index is 4.09. The number of hydrogen-bond acceptors (Lipinski definition) is 7. The lowest BCUT2D eigenvalue weighted by Gasteiger charge is -2.24. The zero-order valence-corrected chi connectivity index (χ0v) is 52.5. The summed E-state index contributed by atoms with van der Waals surface area (Å²) in [5, 5.41) is 0. The number of esters is 2. The third kappa shape index (κ3) is 62.6. The molecule has 0 fully saturated rings. The van der Waals surface area contributed by atoms with E-state index in [1.807, 2.05) is 21.1 Å². The molecule has 0 saturated carbocycles. The van der Waals surface area contributed by atoms with E-state index in [1.165, 1.54) is 193 Å². The van der Waals surface area contributed by atoms with Gasteiger partial charge in [0.1, 0.15) is 19.8 Å². The van der Waals surface area contributed by atoms with Crippen molar-refractivity contribution in [1.29, 1.82) is 0 Å². The standard InChI is InChI=1S/C68H124NO8P/c1-6-8-10-12-14-16-18-20-22-24-26-28-30-31-32-33-34-35-36-37-39-41-43-45-47-49-51-53-55-57-59-61-68(71)77-66(65-76-78(72,73)75-63-62-69(3,4)5)64-74-67(70)60-58-56-54-52-50-48-46-44-42-40-38-29-27-25-23-21-19-17-15-13-11-9-7-2/h18-21,24-27,30-31,38,40,66H,6-17,22-23,28-29,32-37,39,41-65H2,1-5H3/p+1/b20-18-,21-19-,26-24-,27-25-,31-30-,40-38-. The molecule has 0 aromatic heterocycles. The van der Waals surface area contributed by atoms with Crippen LogP contribution in [0, 0.1) is 0 Å². The van der Waals surface area contributed by atoms with Crippen LogP contribution in [0.3, 0.4) is 0 Å². The van der Waals surface area contributed by atoms with Crippen molar-refractivity contribution in [2.45, 2.75) is 302 Å². The SMILES string of the molecule is CCCCCCC/C=C\C/C=C\C/C=C\CCCCCCCCCCCCCCCCCCC(=O)OC(COC(=O)CCCCCCCCCC/C=C\C/C=C\C/C=C\CCCCCCC)COP(=O)(O)OCC[N+](C)(C)C. The van der Waals surface area contributed by atoms with Crippen molar-refractivity contribution in [2.24, 2.45) is 0 Å². The first-order valence-corrected chi connectivity index (χ1v) is 34.2. The van der Waals surface area contributed by atoms with Crippen molar-refractivity contribution < 1.29 is 42.1 Å². The van der Waals surface area contributed by atoms with E-state index in [2.05, 4.69) is 86.8 Å². The number of hydrogen-bond donors (Lipinski definition) is 1. The van der Waals surface area contributed by atoms with Crippen LogP contribution in [0.25, 0.3) is 0 Å². The zero-order valence-electron chi connectivity index (χ0n) is 51.6. The predicted molar refractivity (Wildman–Crippen MR) is 335 cm³/mol. The van der Waals surface area contributed by atoms with Crippen molar-refractivity contribution in [2.75, 3.05) is 47.5 Å². The van der Waals surface area contributed by atoms with Gasteiger partial charge in [0, 0.05) is 12.8 Å². The Morgan fingerprint density at radius 1 is 0.397 bits per heavy atom. The Morgan fingerprint density at radius 3 is 1.03 bits per heavy atom. The summed E-state index contributed by atoms with van der Waals surface area (Å²) in [6.07, 6.45) is 78.4. The molecule has 0 aliphatic heterocycles. The maximum absolute atomic E-state index is 12.9. The number of carbonyl (C=O) groups is 2. The molecule has 454 valence electrons. The summed E-state index contributed by atoms with van der Waals surface area (Å²) in [4.78, 5) is 35.8. The monoisotopic (exact) mass is 1110 g/mol. The minimum Gasteiger partial charge on any atom is -0.462 e. The maximum atomic E-state index is 12.9. The second-order valence-corrected chi connectivity index (χ2v) is 24.6. The molecule has 9 nitrogen and oxygen atoms in total. The zero-order chi connectivity index (χ0) is 57.0. The number of likely N-dealkylation sites (N-methyl/N-ethyl adjacent to an activating group) is 1. The fourth-order valence-corrected chi connectivity index (χ4v) is 9.89. The quantitative estimate of drug-likeness (QED) is 0.0211. The molecule has 2 atom stereocenters. The lowest BCUT2D eigenvalue weighted by atomic mass is 10.0. The fraction of sp³-hybridized carbons (Fsp3) is 0.794. The first kappa shape index (κ1) is 75.5. The van der Waals surface area contributed by atoms with Gasteiger partial charge in [0.15, 0.2) is 6.10 Å². The van der Waals surface area contributed by atoms with E-state index in [0.717, 1.165) is 70.6 Å². The van der Waals surface area contributed by atoms with Gasteiger partial charge in [0.25, 0.3) is 0 Å². The lowest BCUT2D eigenvalue weighted by Crippen LogP contribution is -2.37. The molecular formula is C68H125NO8P+. The lowest BCUT2D eigenvalue weighted by molar-refractivity contribution is -0.870. The molecule has 0 heterocycles. The van der Waals surface area contributed by atoms with Crippen LogP contribution in [-0.2, 0) is 32.7 Å². The van der Waals surface area contributed by atoms with Crippen molar-refractivity contribution in [1.82, 2.24) is 0 Å². The summed E-state index contributed by atoms with van der Waals surface area (Å²) in [7, 11) is 1.48. The number of phosphoric ester groups is 1. The van der Waals surface area contributed by atoms with Crippen molar-refractivity contribution in [3.8, 4) is 0 Å². The van der Waals surface area contributed by atoms with E-state index in [0.29, 0.717) is 17.4 Å². The van der Waals surface area contributed by atoms with Gasteiger partial charge in [0.05, 0.1) is 27.7 Å². The molecule has 0 rings (SSSR count). The van der Waals surface area contributed by atoms with Crippen LogP contribution in [0.5, 0.6) is 0 Å². The molecule has 2 unspecified atom stereocenters. The summed E-state index contributed by atoms with van der Waals surface area (Å²) in [5.41, 5.74) is 0. The Morgan fingerprint density at radius 2 is 0.692 bits per heavy atom. The minimum atomic E-state index is -4.39. The molecule has 0 aromatic rings. The number of phosphoric acid groups is 1. The Labute approximate surface area is 482 Å². The third-order valence-electron chi connectivity index (χ3n) is 14.2. The first-order valence-electron chi connectivity index (χ1n) is 32.7. The molecule has 0 amide bonds. The third-order valence-corrected chi connectivity index (χ3v) is 15.2. The molecule has 0 aliphatic rings. The van der Waals surface area contributed by atoms with Crippen LogP contribution in [-0.4, -0.2) is 74.9 Å². The highest BCUT2D eigenvalue weighted by atomic mass is 31.2. The topological polar surface area (TPSA) is 108 Å². The van der Waals surface area contributed by atoms with Gasteiger partial charge >= 0.3 is 19.8 Å². The molecule has 0 aromatic carbocycles. The number of ether oxygens (including phenoxy) is 2. The van der Waals surface area contributed by atoms with Crippen LogP contribution in [0.1, 0.15) is 296 Å². The average Bonchev–Trinajstić information content (AvgIpc) is 3.40. The summed E-state index contributed by atoms with van der Waals surface area (Å²) in [6, 6.07) is 0. The van der Waals surface area contributed by atoms with Crippen molar-refractivity contribution in [3.05, 3.63) is 72.9 Å². The molecule has 0 saturated heterocycles. The Hall–Kier alpha value is -2.55. The minimum absolute atomic E-state index is 0.0288. The van der Waals surface area contributed by atoms with E-state index in [4.69, 9.17) is 18.5 Å². The van der Waals surface area contributed by atoms with Gasteiger partial charge in [-0.1, -0.05) is 267 Å². The van der Waals surface area contributed by atoms with Crippen LogP contribution in [0.4, 0.5) is 0 Å². The summed E-state index contributed by atoms with van der Waals surface area (Å²) >= 11 is 0. The first-order chi connectivity index (χ1) is 38.0. The molecule has 1 N–H and O–H groups in total. The normalized spacial score (nSPS) is 13.7. The molecular weight excluding hydrogens is 990 g/mol. The van der Waals surface area contributed by atoms with E-state index >= 15 is 0 Å². The van der Waals surface area contributed by atoms with Crippen LogP contribution in [0.2, 0.25) is 0 Å². The van der Waals surface area contributed by atoms with E-state index in [9.17, 15) is 19.0 Å². The van der Waals surface area contributed by atoms with Gasteiger partial charge in [-0.15, -0.1) is 0 Å². The number of quaternary nitrogens is 1. The largest absolute Gasteiger partial charge is 0.472 e. The van der Waals surface area contributed by atoms with Gasteiger partial charge in [0.2, 0.25) is 0 Å². The van der Waals surface area contributed by atoms with Gasteiger partial charge in [-0.3, -0.25) is 18.6 Å². The highest BCUT2D eigenvalue weighted by molar-refractivity contribution is 7.47. The van der Waals surface area contributed by atoms with E-state index in [-0.39, 0.29) is 32.0 Å². The molecule has 78 heavy (non-hydrogen) atoms.